The van der Waals surface area contributed by atoms with Crippen LogP contribution in [0.3, 0.4) is 0 Å². The highest BCUT2D eigenvalue weighted by atomic mass is 19.1. The third-order valence-electron chi connectivity index (χ3n) is 8.77. The Morgan fingerprint density at radius 1 is 0.842 bits per heavy atom. The van der Waals surface area contributed by atoms with Gasteiger partial charge in [0, 0.05) is 30.1 Å². The van der Waals surface area contributed by atoms with Crippen molar-refractivity contribution in [1.29, 1.82) is 0 Å². The number of benzene rings is 3. The molecule has 1 aromatic heterocycles. The van der Waals surface area contributed by atoms with Gasteiger partial charge in [-0.05, 0) is 79.1 Å². The fraction of sp³-hybridized carbons (Fsp3) is 0.400. The second kappa shape index (κ2) is 22.0. The first-order valence-electron chi connectivity index (χ1n) is 18.5. The highest BCUT2D eigenvalue weighted by Crippen LogP contribution is 2.42. The van der Waals surface area contributed by atoms with E-state index in [1.54, 1.807) is 24.3 Å². The Morgan fingerprint density at radius 3 is 2.12 bits per heavy atom. The summed E-state index contributed by atoms with van der Waals surface area (Å²) in [6, 6.07) is 24.3. The molecule has 0 aliphatic carbocycles. The van der Waals surface area contributed by atoms with Crippen molar-refractivity contribution in [3.63, 3.8) is 0 Å². The van der Waals surface area contributed by atoms with Crippen LogP contribution in [0.2, 0.25) is 0 Å². The first-order valence-corrected chi connectivity index (χ1v) is 18.5. The Labute approximate surface area is 328 Å². The smallest absolute Gasteiger partial charge is 0.308 e. The molecule has 1 amide bonds. The van der Waals surface area contributed by atoms with E-state index in [9.17, 15) is 44.4 Å². The maximum atomic E-state index is 14.3. The number of anilines is 1. The summed E-state index contributed by atoms with van der Waals surface area (Å²) in [6.45, 7) is 3.17. The molecular formula is C40H47FN4O12. The standard InChI is InChI=1S/C40H47FN4O12/c1-27(2)38-37(40(49)42-31-13-7-4-8-14-31)36(28-11-5-3-6-12-28)39(29-15-17-30(41)18-16-29)43(38)20-19-32(46)23-33(47)24-35(48)55-26-34(57-45(52)53)25-54-21-9-10-22-56-44(50)51/h3-8,11-18,27,32-34,46-47H,9-10,19-26H2,1-2H3,(H,42,49)/t32-,33-,34?/m1/s1. The highest BCUT2D eigenvalue weighted by Gasteiger charge is 2.31. The lowest BCUT2D eigenvalue weighted by molar-refractivity contribution is -0.769. The number of amides is 1. The summed E-state index contributed by atoms with van der Waals surface area (Å²) in [6.07, 6.45) is -3.70. The van der Waals surface area contributed by atoms with Crippen molar-refractivity contribution in [2.45, 2.75) is 76.7 Å². The summed E-state index contributed by atoms with van der Waals surface area (Å²) in [5, 5.41) is 44.0. The first-order chi connectivity index (χ1) is 27.3. The number of carbonyl (C=O) groups excluding carboxylic acids is 2. The van der Waals surface area contributed by atoms with E-state index in [-0.39, 0.29) is 51.0 Å². The van der Waals surface area contributed by atoms with Crippen LogP contribution in [0, 0.1) is 26.0 Å². The summed E-state index contributed by atoms with van der Waals surface area (Å²) in [7, 11) is 0. The molecule has 1 unspecified atom stereocenters. The second-order valence-electron chi connectivity index (χ2n) is 13.5. The number of nitrogens with zero attached hydrogens (tertiary/aromatic N) is 3. The maximum absolute atomic E-state index is 14.3. The Balaban J connectivity index is 1.48. The average Bonchev–Trinajstić information content (AvgIpc) is 3.52. The van der Waals surface area contributed by atoms with Gasteiger partial charge >= 0.3 is 5.97 Å². The lowest BCUT2D eigenvalue weighted by Gasteiger charge is -2.20. The topological polar surface area (TPSA) is 215 Å². The number of carbonyl (C=O) groups is 2. The van der Waals surface area contributed by atoms with Crippen LogP contribution < -0.4 is 5.32 Å². The molecule has 1 heterocycles. The molecule has 0 radical (unpaired) electrons. The summed E-state index contributed by atoms with van der Waals surface area (Å²) in [4.78, 5) is 56.7. The van der Waals surface area contributed by atoms with E-state index in [1.807, 2.05) is 66.9 Å². The van der Waals surface area contributed by atoms with Crippen molar-refractivity contribution >= 4 is 17.6 Å². The molecule has 4 rings (SSSR count). The van der Waals surface area contributed by atoms with Crippen LogP contribution in [0.4, 0.5) is 10.1 Å². The molecule has 0 aliphatic rings. The Morgan fingerprint density at radius 2 is 1.49 bits per heavy atom. The van der Waals surface area contributed by atoms with Crippen LogP contribution in [-0.2, 0) is 30.5 Å². The van der Waals surface area contributed by atoms with Crippen molar-refractivity contribution < 1.29 is 53.5 Å². The van der Waals surface area contributed by atoms with Crippen molar-refractivity contribution in [3.8, 4) is 22.4 Å². The van der Waals surface area contributed by atoms with Gasteiger partial charge in [-0.25, -0.2) is 4.39 Å². The summed E-state index contributed by atoms with van der Waals surface area (Å²) >= 11 is 0. The molecule has 0 saturated carbocycles. The third-order valence-corrected chi connectivity index (χ3v) is 8.77. The molecule has 3 aromatic carbocycles. The predicted octanol–water partition coefficient (Wildman–Crippen LogP) is 6.35. The average molecular weight is 795 g/mol. The van der Waals surface area contributed by atoms with Crippen LogP contribution >= 0.6 is 0 Å². The van der Waals surface area contributed by atoms with Gasteiger partial charge < -0.3 is 39.2 Å². The van der Waals surface area contributed by atoms with Gasteiger partial charge in [-0.1, -0.05) is 62.4 Å². The van der Waals surface area contributed by atoms with E-state index in [1.165, 1.54) is 12.1 Å². The number of aliphatic hydroxyl groups excluding tert-OH is 2. The predicted molar refractivity (Wildman–Crippen MR) is 205 cm³/mol. The Hall–Kier alpha value is -5.91. The van der Waals surface area contributed by atoms with Gasteiger partial charge in [-0.15, -0.1) is 20.2 Å². The Kier molecular flexibility index (Phi) is 16.9. The fourth-order valence-corrected chi connectivity index (χ4v) is 6.33. The lowest BCUT2D eigenvalue weighted by Crippen LogP contribution is -2.30. The monoisotopic (exact) mass is 794 g/mol. The molecule has 0 spiro atoms. The molecule has 0 bridgehead atoms. The zero-order valence-corrected chi connectivity index (χ0v) is 31.7. The summed E-state index contributed by atoms with van der Waals surface area (Å²) in [5.41, 5.74) is 4.35. The molecular weight excluding hydrogens is 747 g/mol. The first kappa shape index (κ1) is 43.8. The lowest BCUT2D eigenvalue weighted by atomic mass is 9.94. The molecule has 57 heavy (non-hydrogen) atoms. The maximum Gasteiger partial charge on any atom is 0.308 e. The molecule has 306 valence electrons. The quantitative estimate of drug-likeness (QED) is 0.0306. The molecule has 17 heteroatoms. The van der Waals surface area contributed by atoms with Gasteiger partial charge in [0.2, 0.25) is 0 Å². The van der Waals surface area contributed by atoms with E-state index in [0.29, 0.717) is 46.6 Å². The normalized spacial score (nSPS) is 12.7. The molecule has 3 atom stereocenters. The molecule has 16 nitrogen and oxygen atoms in total. The minimum absolute atomic E-state index is 0.0893. The van der Waals surface area contributed by atoms with E-state index >= 15 is 0 Å². The second-order valence-corrected chi connectivity index (χ2v) is 13.5. The Bertz CT molecular complexity index is 1910. The SMILES string of the molecule is CC(C)c1c(C(=O)Nc2ccccc2)c(-c2ccccc2)c(-c2ccc(F)cc2)n1CC[C@@H](O)C[C@@H](O)CC(=O)OCC(COCCCCO[N+](=O)[O-])O[N+](=O)[O-]. The molecule has 0 fully saturated rings. The fourth-order valence-electron chi connectivity index (χ4n) is 6.33. The van der Waals surface area contributed by atoms with Gasteiger partial charge in [0.05, 0.1) is 43.1 Å². The number of nitrogens with one attached hydrogen (secondary N) is 1. The largest absolute Gasteiger partial charge is 0.463 e. The van der Waals surface area contributed by atoms with E-state index in [0.717, 1.165) is 5.56 Å². The van der Waals surface area contributed by atoms with Gasteiger partial charge in [0.15, 0.2) is 6.10 Å². The minimum Gasteiger partial charge on any atom is -0.463 e. The molecule has 3 N–H and O–H groups in total. The number of unbranched alkanes of at least 4 members (excludes halogenated alkanes) is 1. The van der Waals surface area contributed by atoms with Gasteiger partial charge in [0.25, 0.3) is 16.1 Å². The van der Waals surface area contributed by atoms with E-state index in [4.69, 9.17) is 9.47 Å². The highest BCUT2D eigenvalue weighted by molar-refractivity contribution is 6.12. The molecule has 0 aliphatic heterocycles. The number of hydrogen-bond donors (Lipinski definition) is 3. The summed E-state index contributed by atoms with van der Waals surface area (Å²) < 4.78 is 26.6. The molecule has 4 aromatic rings. The van der Waals surface area contributed by atoms with Gasteiger partial charge in [-0.3, -0.25) is 9.59 Å². The van der Waals surface area contributed by atoms with Crippen LogP contribution in [0.25, 0.3) is 22.4 Å². The van der Waals surface area contributed by atoms with Crippen LogP contribution in [0.1, 0.15) is 67.9 Å². The summed E-state index contributed by atoms with van der Waals surface area (Å²) in [5.74, 6) is -1.87. The number of ether oxygens (including phenoxy) is 2. The van der Waals surface area contributed by atoms with Crippen LogP contribution in [-0.4, -0.2) is 81.6 Å². The zero-order chi connectivity index (χ0) is 41.3. The number of aromatic nitrogens is 1. The minimum atomic E-state index is -1.34. The number of aliphatic hydroxyl groups is 2. The van der Waals surface area contributed by atoms with Crippen molar-refractivity contribution in [1.82, 2.24) is 4.57 Å². The van der Waals surface area contributed by atoms with Gasteiger partial charge in [-0.2, -0.15) is 0 Å². The van der Waals surface area contributed by atoms with Crippen molar-refractivity contribution in [2.24, 2.45) is 0 Å². The number of esters is 1. The number of halogens is 1. The van der Waals surface area contributed by atoms with Crippen molar-refractivity contribution in [3.05, 3.63) is 122 Å². The van der Waals surface area contributed by atoms with E-state index in [2.05, 4.69) is 15.0 Å². The third kappa shape index (κ3) is 13.7. The van der Waals surface area contributed by atoms with Crippen LogP contribution in [0.15, 0.2) is 84.9 Å². The number of hydrogen-bond acceptors (Lipinski definition) is 12. The van der Waals surface area contributed by atoms with Crippen molar-refractivity contribution in [2.75, 3.05) is 31.7 Å². The van der Waals surface area contributed by atoms with Crippen LogP contribution in [0.5, 0.6) is 0 Å². The molecule has 0 saturated heterocycles. The number of para-hydroxylation sites is 1. The van der Waals surface area contributed by atoms with E-state index < -0.39 is 53.3 Å². The van der Waals surface area contributed by atoms with Gasteiger partial charge in [0.1, 0.15) is 12.4 Å². The zero-order valence-electron chi connectivity index (χ0n) is 31.7. The number of rotatable bonds is 24.